The Morgan fingerprint density at radius 3 is 2.48 bits per heavy atom. The fourth-order valence-electron chi connectivity index (χ4n) is 3.75. The van der Waals surface area contributed by atoms with Crippen LogP contribution >= 0.6 is 11.8 Å². The number of amides is 3. The molecule has 0 spiro atoms. The van der Waals surface area contributed by atoms with Crippen LogP contribution in [0.15, 0.2) is 59.5 Å². The van der Waals surface area contributed by atoms with Crippen molar-refractivity contribution in [1.29, 1.82) is 0 Å². The second-order valence-electron chi connectivity index (χ2n) is 7.59. The van der Waals surface area contributed by atoms with E-state index in [2.05, 4.69) is 5.32 Å². The number of thioether (sulfide) groups is 1. The number of imide groups is 1. The molecule has 31 heavy (non-hydrogen) atoms. The van der Waals surface area contributed by atoms with Gasteiger partial charge in [0.15, 0.2) is 0 Å². The number of nitrogens with one attached hydrogen (secondary N) is 1. The zero-order chi connectivity index (χ0) is 21.8. The lowest BCUT2D eigenvalue weighted by Crippen LogP contribution is -2.37. The third-order valence-corrected chi connectivity index (χ3v) is 6.40. The van der Waals surface area contributed by atoms with Gasteiger partial charge in [-0.3, -0.25) is 19.3 Å². The second kappa shape index (κ2) is 9.49. The standard InChI is InChI=1S/C24H24N2O4S/c1-16(27)25-19-11-9-18(10-12-19)21-22(31-15-17-6-3-2-4-7-17)24(29)26(23(21)28)14-20-8-5-13-30-20/h2-4,6-7,9-12,20H,5,8,13-15H2,1H3,(H,25,27). The minimum Gasteiger partial charge on any atom is -0.376 e. The molecule has 6 nitrogen and oxygen atoms in total. The van der Waals surface area contributed by atoms with Crippen LogP contribution in [-0.2, 0) is 24.9 Å². The van der Waals surface area contributed by atoms with Crippen molar-refractivity contribution in [2.45, 2.75) is 31.6 Å². The third-order valence-electron chi connectivity index (χ3n) is 5.26. The molecule has 0 radical (unpaired) electrons. The van der Waals surface area contributed by atoms with Crippen molar-refractivity contribution in [3.05, 3.63) is 70.6 Å². The molecule has 1 N–H and O–H groups in total. The number of carbonyl (C=O) groups is 3. The van der Waals surface area contributed by atoms with Crippen molar-refractivity contribution >= 4 is 40.7 Å². The van der Waals surface area contributed by atoms with E-state index < -0.39 is 0 Å². The summed E-state index contributed by atoms with van der Waals surface area (Å²) in [5.41, 5.74) is 2.80. The Hall–Kier alpha value is -2.90. The Labute approximate surface area is 185 Å². The summed E-state index contributed by atoms with van der Waals surface area (Å²) >= 11 is 1.39. The molecule has 160 valence electrons. The predicted octanol–water partition coefficient (Wildman–Crippen LogP) is 3.84. The summed E-state index contributed by atoms with van der Waals surface area (Å²) in [6.45, 7) is 2.39. The van der Waals surface area contributed by atoms with Crippen LogP contribution in [0.25, 0.3) is 5.57 Å². The minimum absolute atomic E-state index is 0.102. The highest BCUT2D eigenvalue weighted by atomic mass is 32.2. The van der Waals surface area contributed by atoms with E-state index in [0.717, 1.165) is 18.4 Å². The van der Waals surface area contributed by atoms with Gasteiger partial charge < -0.3 is 10.1 Å². The molecule has 0 saturated carbocycles. The van der Waals surface area contributed by atoms with Crippen LogP contribution in [0.3, 0.4) is 0 Å². The summed E-state index contributed by atoms with van der Waals surface area (Å²) in [5.74, 6) is -0.122. The average Bonchev–Trinajstić information content (AvgIpc) is 3.36. The van der Waals surface area contributed by atoms with Crippen LogP contribution in [0, 0.1) is 0 Å². The highest BCUT2D eigenvalue weighted by Gasteiger charge is 2.40. The van der Waals surface area contributed by atoms with Crippen LogP contribution in [0.5, 0.6) is 0 Å². The first-order valence-corrected chi connectivity index (χ1v) is 11.3. The van der Waals surface area contributed by atoms with E-state index in [-0.39, 0.29) is 30.4 Å². The van der Waals surface area contributed by atoms with Crippen LogP contribution in [0.1, 0.15) is 30.9 Å². The number of rotatable bonds is 7. The van der Waals surface area contributed by atoms with Crippen molar-refractivity contribution in [2.24, 2.45) is 0 Å². The quantitative estimate of drug-likeness (QED) is 0.668. The maximum absolute atomic E-state index is 13.3. The molecule has 0 bridgehead atoms. The van der Waals surface area contributed by atoms with Gasteiger partial charge in [-0.15, -0.1) is 11.8 Å². The molecule has 1 unspecified atom stereocenters. The maximum atomic E-state index is 13.3. The smallest absolute Gasteiger partial charge is 0.268 e. The molecule has 1 saturated heterocycles. The van der Waals surface area contributed by atoms with E-state index in [1.165, 1.54) is 23.6 Å². The summed E-state index contributed by atoms with van der Waals surface area (Å²) in [6, 6.07) is 16.9. The van der Waals surface area contributed by atoms with Crippen molar-refractivity contribution in [2.75, 3.05) is 18.5 Å². The average molecular weight is 437 g/mol. The van der Waals surface area contributed by atoms with Gasteiger partial charge in [-0.05, 0) is 36.1 Å². The number of carbonyl (C=O) groups excluding carboxylic acids is 3. The van der Waals surface area contributed by atoms with Crippen LogP contribution in [0.4, 0.5) is 5.69 Å². The predicted molar refractivity (Wildman–Crippen MR) is 121 cm³/mol. The molecule has 1 fully saturated rings. The maximum Gasteiger partial charge on any atom is 0.268 e. The van der Waals surface area contributed by atoms with Gasteiger partial charge in [0, 0.05) is 25.0 Å². The number of benzene rings is 2. The van der Waals surface area contributed by atoms with Crippen molar-refractivity contribution < 1.29 is 19.1 Å². The monoisotopic (exact) mass is 436 g/mol. The van der Waals surface area contributed by atoms with Crippen molar-refractivity contribution in [3.8, 4) is 0 Å². The number of hydrogen-bond acceptors (Lipinski definition) is 5. The molecule has 0 aromatic heterocycles. The Morgan fingerprint density at radius 1 is 1.10 bits per heavy atom. The lowest BCUT2D eigenvalue weighted by Gasteiger charge is -2.19. The van der Waals surface area contributed by atoms with Crippen LogP contribution in [-0.4, -0.2) is 41.9 Å². The molecular weight excluding hydrogens is 412 g/mol. The summed E-state index contributed by atoms with van der Waals surface area (Å²) in [7, 11) is 0. The highest BCUT2D eigenvalue weighted by Crippen LogP contribution is 2.38. The molecule has 2 aliphatic heterocycles. The SMILES string of the molecule is CC(=O)Nc1ccc(C2=C(SCc3ccccc3)C(=O)N(CC3CCCO3)C2=O)cc1. The lowest BCUT2D eigenvalue weighted by atomic mass is 10.1. The fourth-order valence-corrected chi connectivity index (χ4v) is 4.84. The fraction of sp³-hybridized carbons (Fsp3) is 0.292. The molecule has 2 aromatic carbocycles. The van der Waals surface area contributed by atoms with Gasteiger partial charge in [-0.1, -0.05) is 42.5 Å². The molecule has 7 heteroatoms. The van der Waals surface area contributed by atoms with Gasteiger partial charge in [0.2, 0.25) is 5.91 Å². The van der Waals surface area contributed by atoms with Gasteiger partial charge in [0.25, 0.3) is 11.8 Å². The number of anilines is 1. The zero-order valence-corrected chi connectivity index (χ0v) is 18.1. The first-order valence-electron chi connectivity index (χ1n) is 10.3. The molecule has 0 aliphatic carbocycles. The Morgan fingerprint density at radius 2 is 1.84 bits per heavy atom. The molecule has 4 rings (SSSR count). The van der Waals surface area contributed by atoms with E-state index in [4.69, 9.17) is 4.74 Å². The molecule has 1 atom stereocenters. The van der Waals surface area contributed by atoms with Gasteiger partial charge in [0.05, 0.1) is 23.1 Å². The number of nitrogens with zero attached hydrogens (tertiary/aromatic N) is 1. The third kappa shape index (κ3) is 4.89. The zero-order valence-electron chi connectivity index (χ0n) is 17.3. The lowest BCUT2D eigenvalue weighted by molar-refractivity contribution is -0.138. The Kier molecular flexibility index (Phi) is 6.53. The van der Waals surface area contributed by atoms with E-state index in [1.807, 2.05) is 30.3 Å². The molecule has 3 amide bonds. The van der Waals surface area contributed by atoms with E-state index >= 15 is 0 Å². The summed E-state index contributed by atoms with van der Waals surface area (Å²) < 4.78 is 5.66. The first kappa shape index (κ1) is 21.3. The molecule has 2 heterocycles. The normalized spacial score (nSPS) is 18.7. The van der Waals surface area contributed by atoms with Crippen molar-refractivity contribution in [1.82, 2.24) is 4.90 Å². The Bertz CT molecular complexity index is 1010. The first-order chi connectivity index (χ1) is 15.0. The van der Waals surface area contributed by atoms with Crippen LogP contribution in [0.2, 0.25) is 0 Å². The van der Waals surface area contributed by atoms with E-state index in [9.17, 15) is 14.4 Å². The number of hydrogen-bond donors (Lipinski definition) is 1. The van der Waals surface area contributed by atoms with E-state index in [1.54, 1.807) is 24.3 Å². The summed E-state index contributed by atoms with van der Waals surface area (Å²) in [6.07, 6.45) is 1.70. The van der Waals surface area contributed by atoms with Gasteiger partial charge >= 0.3 is 0 Å². The van der Waals surface area contributed by atoms with Crippen molar-refractivity contribution in [3.63, 3.8) is 0 Å². The van der Waals surface area contributed by atoms with Gasteiger partial charge in [0.1, 0.15) is 0 Å². The van der Waals surface area contributed by atoms with Crippen LogP contribution < -0.4 is 5.32 Å². The largest absolute Gasteiger partial charge is 0.376 e. The van der Waals surface area contributed by atoms with Gasteiger partial charge in [-0.2, -0.15) is 0 Å². The minimum atomic E-state index is -0.289. The summed E-state index contributed by atoms with van der Waals surface area (Å²) in [5, 5.41) is 2.72. The highest BCUT2D eigenvalue weighted by molar-refractivity contribution is 8.03. The van der Waals surface area contributed by atoms with E-state index in [0.29, 0.717) is 34.1 Å². The molecule has 2 aromatic rings. The molecular formula is C24H24N2O4S. The second-order valence-corrected chi connectivity index (χ2v) is 8.58. The number of ether oxygens (including phenoxy) is 1. The Balaban J connectivity index is 1.62. The topological polar surface area (TPSA) is 75.7 Å². The summed E-state index contributed by atoms with van der Waals surface area (Å²) in [4.78, 5) is 39.6. The molecule has 2 aliphatic rings. The van der Waals surface area contributed by atoms with Gasteiger partial charge in [-0.25, -0.2) is 0 Å².